The van der Waals surface area contributed by atoms with Crippen molar-refractivity contribution >= 4 is 23.5 Å². The zero-order chi connectivity index (χ0) is 18.4. The molecular weight excluding hydrogens is 314 g/mol. The predicted octanol–water partition coefficient (Wildman–Crippen LogP) is 0.893. The first-order valence-corrected chi connectivity index (χ1v) is 7.39. The maximum atomic E-state index is 12.7. The van der Waals surface area contributed by atoms with E-state index in [1.54, 1.807) is 0 Å². The molecule has 1 aromatic rings. The van der Waals surface area contributed by atoms with Crippen LogP contribution in [-0.4, -0.2) is 44.2 Å². The van der Waals surface area contributed by atoms with Gasteiger partial charge in [0.25, 0.3) is 11.8 Å². The summed E-state index contributed by atoms with van der Waals surface area (Å²) in [5, 5.41) is 19.9. The molecule has 1 atom stereocenters. The monoisotopic (exact) mass is 335 g/mol. The van der Waals surface area contributed by atoms with Crippen molar-refractivity contribution in [3.8, 4) is 0 Å². The summed E-state index contributed by atoms with van der Waals surface area (Å²) < 4.78 is 0. The fourth-order valence-electron chi connectivity index (χ4n) is 2.73. The maximum absolute atomic E-state index is 12.7. The third-order valence-electron chi connectivity index (χ3n) is 4.29. The summed E-state index contributed by atoms with van der Waals surface area (Å²) in [6.07, 6.45) is 0. The minimum atomic E-state index is -1.30. The average Bonchev–Trinajstić information content (AvgIpc) is 2.52. The van der Waals surface area contributed by atoms with Crippen LogP contribution in [0.2, 0.25) is 0 Å². The first-order valence-electron chi connectivity index (χ1n) is 7.39. The smallest absolute Gasteiger partial charge is 0.325 e. The highest BCUT2D eigenvalue weighted by Gasteiger charge is 2.56. The SMILES string of the molecule is CC1(C)C(=O)N(c2ccc(C(N)C(=O)O)cc2)C(=O)C(C)(C)N1O. The number of amides is 2. The zero-order valence-electron chi connectivity index (χ0n) is 14.0. The van der Waals surface area contributed by atoms with Crippen LogP contribution in [0.4, 0.5) is 5.69 Å². The van der Waals surface area contributed by atoms with E-state index in [0.717, 1.165) is 9.96 Å². The van der Waals surface area contributed by atoms with E-state index in [0.29, 0.717) is 11.3 Å². The van der Waals surface area contributed by atoms with Crippen molar-refractivity contribution in [3.05, 3.63) is 29.8 Å². The molecule has 1 aliphatic heterocycles. The molecule has 0 radical (unpaired) electrons. The van der Waals surface area contributed by atoms with E-state index >= 15 is 0 Å². The lowest BCUT2D eigenvalue weighted by Crippen LogP contribution is -2.73. The molecule has 2 amide bonds. The van der Waals surface area contributed by atoms with Crippen LogP contribution in [-0.2, 0) is 14.4 Å². The van der Waals surface area contributed by atoms with Crippen molar-refractivity contribution in [1.29, 1.82) is 0 Å². The molecule has 8 heteroatoms. The molecule has 24 heavy (non-hydrogen) atoms. The molecular formula is C16H21N3O5. The molecule has 1 fully saturated rings. The number of carbonyl (C=O) groups is 3. The van der Waals surface area contributed by atoms with Gasteiger partial charge in [-0.25, -0.2) is 4.90 Å². The fraction of sp³-hybridized carbons (Fsp3) is 0.438. The molecule has 8 nitrogen and oxygen atoms in total. The predicted molar refractivity (Wildman–Crippen MR) is 85.3 cm³/mol. The number of benzene rings is 1. The molecule has 1 unspecified atom stereocenters. The summed E-state index contributed by atoms with van der Waals surface area (Å²) >= 11 is 0. The van der Waals surface area contributed by atoms with Crippen LogP contribution in [0.25, 0.3) is 0 Å². The fourth-order valence-corrected chi connectivity index (χ4v) is 2.73. The molecule has 0 bridgehead atoms. The highest BCUT2D eigenvalue weighted by Crippen LogP contribution is 2.35. The van der Waals surface area contributed by atoms with E-state index < -0.39 is 34.9 Å². The van der Waals surface area contributed by atoms with Crippen LogP contribution in [0.3, 0.4) is 0 Å². The molecule has 0 aliphatic carbocycles. The summed E-state index contributed by atoms with van der Waals surface area (Å²) in [5.41, 5.74) is 3.59. The van der Waals surface area contributed by atoms with Crippen molar-refractivity contribution in [2.24, 2.45) is 5.73 Å². The van der Waals surface area contributed by atoms with Crippen molar-refractivity contribution in [2.45, 2.75) is 44.8 Å². The summed E-state index contributed by atoms with van der Waals surface area (Å²) in [5.74, 6) is -2.33. The number of nitrogens with two attached hydrogens (primary N) is 1. The average molecular weight is 335 g/mol. The number of hydroxylamine groups is 2. The Bertz CT molecular complexity index is 668. The number of nitrogens with zero attached hydrogens (tertiary/aromatic N) is 2. The summed E-state index contributed by atoms with van der Waals surface area (Å²) in [7, 11) is 0. The third-order valence-corrected chi connectivity index (χ3v) is 4.29. The van der Waals surface area contributed by atoms with Crippen molar-refractivity contribution in [2.75, 3.05) is 4.90 Å². The highest BCUT2D eigenvalue weighted by molar-refractivity contribution is 6.22. The summed E-state index contributed by atoms with van der Waals surface area (Å²) in [4.78, 5) is 37.3. The third kappa shape index (κ3) is 2.58. The number of piperazine rings is 1. The second kappa shape index (κ2) is 5.66. The van der Waals surface area contributed by atoms with Gasteiger partial charge in [-0.1, -0.05) is 12.1 Å². The Kier molecular flexibility index (Phi) is 4.26. The number of aliphatic carboxylic acids is 1. The molecule has 1 aromatic carbocycles. The summed E-state index contributed by atoms with van der Waals surface area (Å²) in [6.45, 7) is 6.08. The largest absolute Gasteiger partial charge is 0.480 e. The van der Waals surface area contributed by atoms with Gasteiger partial charge < -0.3 is 16.0 Å². The number of rotatable bonds is 3. The molecule has 4 N–H and O–H groups in total. The molecule has 0 aromatic heterocycles. The van der Waals surface area contributed by atoms with Gasteiger partial charge in [-0.05, 0) is 45.4 Å². The van der Waals surface area contributed by atoms with Crippen LogP contribution >= 0.6 is 0 Å². The van der Waals surface area contributed by atoms with Gasteiger partial charge in [-0.3, -0.25) is 14.4 Å². The Morgan fingerprint density at radius 2 is 1.46 bits per heavy atom. The number of carboxylic acids is 1. The van der Waals surface area contributed by atoms with E-state index in [-0.39, 0.29) is 0 Å². The van der Waals surface area contributed by atoms with Crippen LogP contribution in [0, 0.1) is 0 Å². The number of anilines is 1. The molecule has 1 heterocycles. The Hall–Kier alpha value is -2.29. The van der Waals surface area contributed by atoms with E-state index in [1.165, 1.54) is 52.0 Å². The van der Waals surface area contributed by atoms with Crippen molar-refractivity contribution in [3.63, 3.8) is 0 Å². The van der Waals surface area contributed by atoms with Gasteiger partial charge in [0.15, 0.2) is 0 Å². The first-order chi connectivity index (χ1) is 10.9. The Balaban J connectivity index is 2.45. The number of hydrogen-bond donors (Lipinski definition) is 3. The lowest BCUT2D eigenvalue weighted by Gasteiger charge is -2.49. The number of imide groups is 1. The molecule has 1 saturated heterocycles. The Morgan fingerprint density at radius 3 is 1.83 bits per heavy atom. The standard InChI is InChI=1S/C16H21N3O5/c1-15(2)13(22)18(14(23)16(3,4)19(15)24)10-7-5-9(6-8-10)11(17)12(20)21/h5-8,11,24H,17H2,1-4H3,(H,20,21). The van der Waals surface area contributed by atoms with Gasteiger partial charge in [0.2, 0.25) is 0 Å². The van der Waals surface area contributed by atoms with Crippen LogP contribution in [0.5, 0.6) is 0 Å². The van der Waals surface area contributed by atoms with E-state index in [9.17, 15) is 19.6 Å². The number of carboxylic acid groups (broad SMARTS) is 1. The second-order valence-corrected chi connectivity index (χ2v) is 6.78. The van der Waals surface area contributed by atoms with Crippen LogP contribution in [0.15, 0.2) is 24.3 Å². The number of hydrogen-bond acceptors (Lipinski definition) is 6. The topological polar surface area (TPSA) is 124 Å². The van der Waals surface area contributed by atoms with Crippen molar-refractivity contribution < 1.29 is 24.7 Å². The van der Waals surface area contributed by atoms with Gasteiger partial charge in [0.1, 0.15) is 17.1 Å². The Morgan fingerprint density at radius 1 is 1.04 bits per heavy atom. The quantitative estimate of drug-likeness (QED) is 0.701. The van der Waals surface area contributed by atoms with Gasteiger partial charge >= 0.3 is 5.97 Å². The normalized spacial score (nSPS) is 21.7. The molecule has 0 spiro atoms. The molecule has 130 valence electrons. The van der Waals surface area contributed by atoms with Crippen LogP contribution in [0.1, 0.15) is 39.3 Å². The second-order valence-electron chi connectivity index (χ2n) is 6.78. The van der Waals surface area contributed by atoms with Gasteiger partial charge in [-0.15, -0.1) is 0 Å². The minimum Gasteiger partial charge on any atom is -0.480 e. The maximum Gasteiger partial charge on any atom is 0.325 e. The zero-order valence-corrected chi connectivity index (χ0v) is 14.0. The van der Waals surface area contributed by atoms with Gasteiger partial charge in [-0.2, -0.15) is 5.06 Å². The van der Waals surface area contributed by atoms with E-state index in [2.05, 4.69) is 0 Å². The highest BCUT2D eigenvalue weighted by atomic mass is 16.5. The first kappa shape index (κ1) is 18.1. The number of carbonyl (C=O) groups excluding carboxylic acids is 2. The van der Waals surface area contributed by atoms with Crippen LogP contribution < -0.4 is 10.6 Å². The van der Waals surface area contributed by atoms with E-state index in [4.69, 9.17) is 10.8 Å². The van der Waals surface area contributed by atoms with Gasteiger partial charge in [0.05, 0.1) is 5.69 Å². The van der Waals surface area contributed by atoms with E-state index in [1.807, 2.05) is 0 Å². The van der Waals surface area contributed by atoms with Crippen molar-refractivity contribution in [1.82, 2.24) is 5.06 Å². The molecule has 2 rings (SSSR count). The Labute approximate surface area is 139 Å². The summed E-state index contributed by atoms with van der Waals surface area (Å²) in [6, 6.07) is 4.66. The lowest BCUT2D eigenvalue weighted by molar-refractivity contribution is -0.226. The molecule has 0 saturated carbocycles. The minimum absolute atomic E-state index is 0.292. The lowest BCUT2D eigenvalue weighted by atomic mass is 9.88. The van der Waals surface area contributed by atoms with Gasteiger partial charge in [0, 0.05) is 0 Å². The molecule has 1 aliphatic rings.